The number of carboxylic acids is 1. The van der Waals surface area contributed by atoms with E-state index in [-0.39, 0.29) is 11.0 Å². The Kier molecular flexibility index (Phi) is 3.24. The first-order chi connectivity index (χ1) is 6.52. The highest BCUT2D eigenvalue weighted by molar-refractivity contribution is 6.58. The van der Waals surface area contributed by atoms with Crippen molar-refractivity contribution in [3.05, 3.63) is 29.8 Å². The summed E-state index contributed by atoms with van der Waals surface area (Å²) in [5.74, 6) is -1.35. The summed E-state index contributed by atoms with van der Waals surface area (Å²) >= 11 is 0. The van der Waals surface area contributed by atoms with Crippen LogP contribution in [0.1, 0.15) is 11.7 Å². The van der Waals surface area contributed by atoms with Crippen molar-refractivity contribution in [2.45, 2.75) is 6.10 Å². The Hall–Kier alpha value is -1.37. The molecule has 0 radical (unpaired) electrons. The number of carbonyl (C=O) groups is 1. The maximum Gasteiger partial charge on any atom is 0.488 e. The van der Waals surface area contributed by atoms with Crippen molar-refractivity contribution >= 4 is 18.6 Å². The monoisotopic (exact) mass is 196 g/mol. The molecule has 0 aromatic heterocycles. The van der Waals surface area contributed by atoms with E-state index in [4.69, 9.17) is 20.3 Å². The maximum atomic E-state index is 10.4. The molecule has 1 rings (SSSR count). The number of carboxylic acid groups (broad SMARTS) is 1. The number of aliphatic hydroxyl groups is 1. The summed E-state index contributed by atoms with van der Waals surface area (Å²) in [6.07, 6.45) is -1.58. The first-order valence-electron chi connectivity index (χ1n) is 3.89. The van der Waals surface area contributed by atoms with Gasteiger partial charge in [-0.15, -0.1) is 0 Å². The average Bonchev–Trinajstić information content (AvgIpc) is 2.16. The molecule has 0 saturated carbocycles. The quantitative estimate of drug-likeness (QED) is 0.440. The van der Waals surface area contributed by atoms with Crippen LogP contribution >= 0.6 is 0 Å². The molecule has 0 aliphatic heterocycles. The molecule has 0 aliphatic carbocycles. The van der Waals surface area contributed by atoms with Crippen molar-refractivity contribution in [1.29, 1.82) is 0 Å². The van der Waals surface area contributed by atoms with E-state index in [2.05, 4.69) is 0 Å². The number of rotatable bonds is 3. The molecule has 1 atom stereocenters. The lowest BCUT2D eigenvalue weighted by molar-refractivity contribution is -0.146. The zero-order valence-electron chi connectivity index (χ0n) is 7.16. The second kappa shape index (κ2) is 4.23. The summed E-state index contributed by atoms with van der Waals surface area (Å²) in [7, 11) is -1.59. The van der Waals surface area contributed by atoms with E-state index in [1.54, 1.807) is 0 Å². The largest absolute Gasteiger partial charge is 0.488 e. The van der Waals surface area contributed by atoms with Crippen LogP contribution in [0.5, 0.6) is 0 Å². The van der Waals surface area contributed by atoms with Gasteiger partial charge in [-0.25, -0.2) is 4.79 Å². The third-order valence-electron chi connectivity index (χ3n) is 1.78. The van der Waals surface area contributed by atoms with E-state index in [0.717, 1.165) is 0 Å². The SMILES string of the molecule is O=C(O)C(O)c1ccc(B(O)O)cc1. The summed E-state index contributed by atoms with van der Waals surface area (Å²) in [6.45, 7) is 0. The summed E-state index contributed by atoms with van der Waals surface area (Å²) in [4.78, 5) is 10.4. The standard InChI is InChI=1S/C8H9BO5/c10-7(8(11)12)5-1-3-6(4-2-5)9(13)14/h1-4,7,10,13-14H,(H,11,12). The van der Waals surface area contributed by atoms with Gasteiger partial charge in [0, 0.05) is 0 Å². The van der Waals surface area contributed by atoms with E-state index in [1.165, 1.54) is 24.3 Å². The molecule has 1 aromatic carbocycles. The molecule has 0 bridgehead atoms. The minimum atomic E-state index is -1.59. The molecule has 1 unspecified atom stereocenters. The van der Waals surface area contributed by atoms with Gasteiger partial charge < -0.3 is 20.3 Å². The molecule has 6 heteroatoms. The number of hydrogen-bond acceptors (Lipinski definition) is 4. The van der Waals surface area contributed by atoms with E-state index < -0.39 is 19.2 Å². The lowest BCUT2D eigenvalue weighted by Gasteiger charge is -2.06. The number of aliphatic hydroxyl groups excluding tert-OH is 1. The third kappa shape index (κ3) is 2.32. The van der Waals surface area contributed by atoms with Crippen LogP contribution in [0, 0.1) is 0 Å². The zero-order chi connectivity index (χ0) is 10.7. The van der Waals surface area contributed by atoms with Gasteiger partial charge in [-0.2, -0.15) is 0 Å². The molecule has 0 amide bonds. The summed E-state index contributed by atoms with van der Waals surface area (Å²) in [5.41, 5.74) is 0.438. The van der Waals surface area contributed by atoms with E-state index in [0.29, 0.717) is 0 Å². The molecule has 0 heterocycles. The second-order valence-corrected chi connectivity index (χ2v) is 2.78. The Morgan fingerprint density at radius 2 is 1.71 bits per heavy atom. The molecule has 0 spiro atoms. The summed E-state index contributed by atoms with van der Waals surface area (Å²) in [6, 6.07) is 5.33. The molecule has 1 aromatic rings. The van der Waals surface area contributed by atoms with Gasteiger partial charge in [-0.05, 0) is 11.0 Å². The van der Waals surface area contributed by atoms with Gasteiger partial charge in [0.25, 0.3) is 0 Å². The van der Waals surface area contributed by atoms with Crippen molar-refractivity contribution < 1.29 is 25.1 Å². The third-order valence-corrected chi connectivity index (χ3v) is 1.78. The Labute approximate surface area is 80.4 Å². The van der Waals surface area contributed by atoms with Gasteiger partial charge in [0.1, 0.15) is 0 Å². The lowest BCUT2D eigenvalue weighted by Crippen LogP contribution is -2.29. The smallest absolute Gasteiger partial charge is 0.479 e. The molecule has 0 aliphatic rings. The van der Waals surface area contributed by atoms with Gasteiger partial charge in [-0.1, -0.05) is 24.3 Å². The van der Waals surface area contributed by atoms with Crippen LogP contribution in [-0.4, -0.2) is 33.3 Å². The molecule has 0 fully saturated rings. The van der Waals surface area contributed by atoms with Crippen LogP contribution in [0.4, 0.5) is 0 Å². The Morgan fingerprint density at radius 3 is 2.07 bits per heavy atom. The minimum absolute atomic E-state index is 0.196. The predicted octanol–water partition coefficient (Wildman–Crippen LogP) is -1.52. The Bertz CT molecular complexity index is 321. The molecule has 74 valence electrons. The van der Waals surface area contributed by atoms with Crippen molar-refractivity contribution in [2.24, 2.45) is 0 Å². The fourth-order valence-electron chi connectivity index (χ4n) is 0.993. The highest BCUT2D eigenvalue weighted by atomic mass is 16.4. The maximum absolute atomic E-state index is 10.4. The van der Waals surface area contributed by atoms with Crippen molar-refractivity contribution in [3.8, 4) is 0 Å². The second-order valence-electron chi connectivity index (χ2n) is 2.78. The van der Waals surface area contributed by atoms with E-state index in [1.807, 2.05) is 0 Å². The fraction of sp³-hybridized carbons (Fsp3) is 0.125. The van der Waals surface area contributed by atoms with Crippen LogP contribution < -0.4 is 5.46 Å². The lowest BCUT2D eigenvalue weighted by atomic mass is 9.80. The predicted molar refractivity (Wildman–Crippen MR) is 48.9 cm³/mol. The first kappa shape index (κ1) is 10.7. The van der Waals surface area contributed by atoms with Gasteiger partial charge >= 0.3 is 13.1 Å². The van der Waals surface area contributed by atoms with Crippen LogP contribution in [-0.2, 0) is 4.79 Å². The molecule has 4 N–H and O–H groups in total. The van der Waals surface area contributed by atoms with Gasteiger partial charge in [0.05, 0.1) is 0 Å². The van der Waals surface area contributed by atoms with E-state index in [9.17, 15) is 4.79 Å². The van der Waals surface area contributed by atoms with E-state index >= 15 is 0 Å². The fourth-order valence-corrected chi connectivity index (χ4v) is 0.993. The molecular weight excluding hydrogens is 187 g/mol. The molecule has 14 heavy (non-hydrogen) atoms. The Balaban J connectivity index is 2.88. The number of aliphatic carboxylic acids is 1. The number of benzene rings is 1. The van der Waals surface area contributed by atoms with Gasteiger partial charge in [0.2, 0.25) is 0 Å². The highest BCUT2D eigenvalue weighted by Crippen LogP contribution is 2.10. The topological polar surface area (TPSA) is 98.0 Å². The van der Waals surface area contributed by atoms with Crippen LogP contribution in [0.3, 0.4) is 0 Å². The average molecular weight is 196 g/mol. The van der Waals surface area contributed by atoms with Gasteiger partial charge in [0.15, 0.2) is 6.10 Å². The Morgan fingerprint density at radius 1 is 1.21 bits per heavy atom. The summed E-state index contributed by atoms with van der Waals surface area (Å²) < 4.78 is 0. The van der Waals surface area contributed by atoms with Crippen molar-refractivity contribution in [1.82, 2.24) is 0 Å². The van der Waals surface area contributed by atoms with Crippen molar-refractivity contribution in [3.63, 3.8) is 0 Å². The number of hydrogen-bond donors (Lipinski definition) is 4. The normalized spacial score (nSPS) is 12.2. The highest BCUT2D eigenvalue weighted by Gasteiger charge is 2.17. The van der Waals surface area contributed by atoms with Crippen LogP contribution in [0.2, 0.25) is 0 Å². The van der Waals surface area contributed by atoms with Crippen LogP contribution in [0.25, 0.3) is 0 Å². The first-order valence-corrected chi connectivity index (χ1v) is 3.89. The van der Waals surface area contributed by atoms with Gasteiger partial charge in [-0.3, -0.25) is 0 Å². The minimum Gasteiger partial charge on any atom is -0.479 e. The van der Waals surface area contributed by atoms with Crippen molar-refractivity contribution in [2.75, 3.05) is 0 Å². The van der Waals surface area contributed by atoms with Crippen LogP contribution in [0.15, 0.2) is 24.3 Å². The molecular formula is C8H9BO5. The summed E-state index contributed by atoms with van der Waals surface area (Å²) in [5, 5.41) is 35.0. The molecule has 5 nitrogen and oxygen atoms in total. The molecule has 0 saturated heterocycles. The zero-order valence-corrected chi connectivity index (χ0v) is 7.16.